The van der Waals surface area contributed by atoms with Crippen LogP contribution in [-0.4, -0.2) is 247 Å². The first kappa shape index (κ1) is 91.5. The molecule has 1 saturated carbocycles. The molecule has 4 aliphatic rings. The second-order valence-electron chi connectivity index (χ2n) is 29.7. The number of aliphatic hydroxyl groups is 1. The van der Waals surface area contributed by atoms with Crippen LogP contribution in [-0.2, 0) is 78.1 Å². The van der Waals surface area contributed by atoms with Gasteiger partial charge < -0.3 is 95.8 Å². The quantitative estimate of drug-likeness (QED) is 0.0221. The average molecular weight is 1530 g/mol. The number of likely N-dealkylation sites (N-methyl/N-ethyl adjacent to an activating group) is 2. The fourth-order valence-corrected chi connectivity index (χ4v) is 14.2. The van der Waals surface area contributed by atoms with E-state index >= 15 is 0 Å². The Balaban J connectivity index is 1.05. The first-order valence-corrected chi connectivity index (χ1v) is 38.7. The van der Waals surface area contributed by atoms with Crippen molar-refractivity contribution in [3.05, 3.63) is 59.4 Å². The van der Waals surface area contributed by atoms with Gasteiger partial charge in [-0.05, 0) is 128 Å². The highest BCUT2D eigenvalue weighted by molar-refractivity contribution is 5.98. The number of methoxy groups -OCH3 is 2. The summed E-state index contributed by atoms with van der Waals surface area (Å²) < 4.78 is 45.4. The van der Waals surface area contributed by atoms with Crippen LogP contribution in [0.5, 0.6) is 0 Å². The van der Waals surface area contributed by atoms with Crippen LogP contribution < -0.4 is 43.0 Å². The van der Waals surface area contributed by atoms with Gasteiger partial charge in [-0.15, -0.1) is 17.6 Å². The number of aliphatic hydroxyl groups excluding tert-OH is 1. The van der Waals surface area contributed by atoms with Crippen molar-refractivity contribution in [1.82, 2.24) is 46.6 Å². The molecular weight excluding hydrogens is 1410 g/mol. The second-order valence-corrected chi connectivity index (χ2v) is 29.7. The minimum atomic E-state index is -1.12. The van der Waals surface area contributed by atoms with Gasteiger partial charge >= 0.3 is 18.2 Å². The molecule has 5 rings (SSSR count). The molecule has 0 aromatic heterocycles. The Morgan fingerprint density at radius 2 is 1.30 bits per heavy atom. The third kappa shape index (κ3) is 29.9. The van der Waals surface area contributed by atoms with Crippen LogP contribution in [0.3, 0.4) is 0 Å². The molecule has 3 aliphatic carbocycles. The van der Waals surface area contributed by atoms with E-state index < -0.39 is 126 Å². The Hall–Kier alpha value is -8.14. The van der Waals surface area contributed by atoms with Crippen molar-refractivity contribution in [2.45, 2.75) is 207 Å². The Bertz CT molecular complexity index is 3250. The number of urea groups is 1. The summed E-state index contributed by atoms with van der Waals surface area (Å²) in [5.41, 5.74) is 9.68. The number of anilines is 1. The molecule has 1 unspecified atom stereocenters. The van der Waals surface area contributed by atoms with Crippen LogP contribution in [0, 0.1) is 59.2 Å². The highest BCUT2D eigenvalue weighted by atomic mass is 16.6. The van der Waals surface area contributed by atoms with Gasteiger partial charge in [0.15, 0.2) is 0 Å². The summed E-state index contributed by atoms with van der Waals surface area (Å²) in [6.07, 6.45) is 7.48. The van der Waals surface area contributed by atoms with Gasteiger partial charge in [0.25, 0.3) is 0 Å². The molecule has 1 aromatic carbocycles. The van der Waals surface area contributed by atoms with E-state index in [2.05, 4.69) is 54.8 Å². The molecule has 15 atom stereocenters. The SMILES string of the molecule is CC[C@H](C)[C@@H]([C@@H](CC(=O)N1CCC[C@H]1[C@H](OC)[C@@H](C)C(=O)N[C@H](C)[C@@H](O)C1=CC=C=C1)OC)N(C)C(=O)[C@@H](NC(=O)[C@H](C(C)C)N(C)C(=O)OCc1ccc(NC(=O)[C@H](CCCNC(N)=O)NC(=O)[C@@H](NC(=O)CCOCCOCCOCCOCCNC(=O)OCC2[C@H]3CCC#CCC[C@@H]23)C(C)C)cc1)C(C)C. The summed E-state index contributed by atoms with van der Waals surface area (Å²) >= 11 is 0. The van der Waals surface area contributed by atoms with Gasteiger partial charge in [0.2, 0.25) is 41.4 Å². The average Bonchev–Trinajstić information content (AvgIpc) is 1.64. The topological polar surface area (TPSA) is 385 Å². The first-order chi connectivity index (χ1) is 52.0. The number of rotatable bonds is 49. The van der Waals surface area contributed by atoms with Crippen molar-refractivity contribution < 1.29 is 90.9 Å². The number of amides is 11. The molecule has 1 aliphatic heterocycles. The van der Waals surface area contributed by atoms with Crippen molar-refractivity contribution in [3.63, 3.8) is 0 Å². The number of nitrogens with one attached hydrogen (secondary N) is 7. The van der Waals surface area contributed by atoms with Crippen LogP contribution >= 0.6 is 0 Å². The van der Waals surface area contributed by atoms with Crippen molar-refractivity contribution in [3.8, 4) is 11.8 Å². The first-order valence-electron chi connectivity index (χ1n) is 38.7. The summed E-state index contributed by atoms with van der Waals surface area (Å²) in [5.74, 6) is 2.67. The smallest absolute Gasteiger partial charge is 0.410 e. The fourth-order valence-electron chi connectivity index (χ4n) is 14.2. The maximum absolute atomic E-state index is 14.8. The molecule has 1 saturated heterocycles. The third-order valence-corrected chi connectivity index (χ3v) is 20.7. The predicted octanol–water partition coefficient (Wildman–Crippen LogP) is 5.49. The van der Waals surface area contributed by atoms with Crippen molar-refractivity contribution in [1.29, 1.82) is 0 Å². The van der Waals surface area contributed by atoms with Crippen molar-refractivity contribution in [2.24, 2.45) is 53.1 Å². The number of allylic oxidation sites excluding steroid dienone is 1. The lowest BCUT2D eigenvalue weighted by Gasteiger charge is -2.41. The zero-order valence-electron chi connectivity index (χ0n) is 66.6. The molecule has 0 bridgehead atoms. The van der Waals surface area contributed by atoms with E-state index in [-0.39, 0.29) is 82.3 Å². The summed E-state index contributed by atoms with van der Waals surface area (Å²) in [6.45, 7) is 21.3. The van der Waals surface area contributed by atoms with E-state index in [1.165, 1.54) is 26.2 Å². The monoisotopic (exact) mass is 1530 g/mol. The van der Waals surface area contributed by atoms with E-state index in [1.807, 2.05) is 13.8 Å². The van der Waals surface area contributed by atoms with Gasteiger partial charge in [-0.25, -0.2) is 14.4 Å². The van der Waals surface area contributed by atoms with E-state index in [0.29, 0.717) is 107 Å². The highest BCUT2D eigenvalue weighted by Gasteiger charge is 2.50. The molecule has 109 heavy (non-hydrogen) atoms. The Morgan fingerprint density at radius 3 is 1.87 bits per heavy atom. The Labute approximate surface area is 644 Å². The Kier molecular flexibility index (Phi) is 40.1. The molecule has 0 radical (unpaired) electrons. The number of hydrogen-bond donors (Lipinski definition) is 9. The molecule has 1 aromatic rings. The third-order valence-electron chi connectivity index (χ3n) is 20.7. The minimum absolute atomic E-state index is 0.0529. The maximum atomic E-state index is 14.8. The standard InChI is InChI=1S/C79H125N11O19/c1-15-52(8)69(63(102-13)46-65(92)90-37-23-29-62(90)71(103-14)53(9)72(94)83-54(10)70(93)56-24-20-21-25-56)88(11)76(98)67(50(4)5)87-75(97)68(51(6)7)89(12)79(101)109-47-55-30-32-57(33-31-55)84-73(95)61(28-22-35-81-77(80)99)85-74(96)66(49(2)3)86-64(91)34-38-104-40-42-106-44-45-107-43-41-105-39-36-82-78(100)108-48-60-58-26-18-16-17-19-27-59(58)60/h20,24-25,30-33,49-54,58-63,66-71,93H,15,18-19,22-23,26-29,34-48H2,1-14H3,(H,82,100)(H,83,94)(H,84,95)(H,85,96)(H,86,91)(H,87,97)(H3,80,81,99)/t52-,53+,54+,58-,59+,60?,61-,62-,63+,66-,67-,68-,69-,70+,71+/m0/s1. The number of benzene rings is 1. The number of nitrogens with two attached hydrogens (primary N) is 1. The predicted molar refractivity (Wildman–Crippen MR) is 408 cm³/mol. The summed E-state index contributed by atoms with van der Waals surface area (Å²) in [4.78, 5) is 140. The Morgan fingerprint density at radius 1 is 0.679 bits per heavy atom. The summed E-state index contributed by atoms with van der Waals surface area (Å²) in [5, 5.41) is 30.2. The van der Waals surface area contributed by atoms with Gasteiger partial charge in [-0.2, -0.15) is 0 Å². The lowest BCUT2D eigenvalue weighted by molar-refractivity contribution is -0.148. The zero-order chi connectivity index (χ0) is 80.3. The number of likely N-dealkylation sites (tertiary alicyclic amines) is 1. The van der Waals surface area contributed by atoms with Gasteiger partial charge in [0, 0.05) is 72.9 Å². The largest absolute Gasteiger partial charge is 0.449 e. The molecule has 0 spiro atoms. The molecule has 30 heteroatoms. The van der Waals surface area contributed by atoms with Gasteiger partial charge in [0.1, 0.15) is 30.8 Å². The molecule has 1 heterocycles. The highest BCUT2D eigenvalue weighted by Crippen LogP contribution is 2.52. The molecule has 30 nitrogen and oxygen atoms in total. The van der Waals surface area contributed by atoms with E-state index in [0.717, 1.165) is 25.7 Å². The van der Waals surface area contributed by atoms with Gasteiger partial charge in [-0.3, -0.25) is 38.5 Å². The zero-order valence-corrected chi connectivity index (χ0v) is 66.6. The number of primary amides is 1. The van der Waals surface area contributed by atoms with Gasteiger partial charge in [0.05, 0.1) is 108 Å². The molecule has 11 amide bonds. The number of nitrogens with zero attached hydrogens (tertiary/aromatic N) is 3. The summed E-state index contributed by atoms with van der Waals surface area (Å²) in [7, 11) is 6.08. The van der Waals surface area contributed by atoms with Gasteiger partial charge in [-0.1, -0.05) is 80.9 Å². The number of hydrogen-bond acceptors (Lipinski definition) is 19. The normalized spacial score (nSPS) is 19.4. The molecule has 610 valence electrons. The van der Waals surface area contributed by atoms with Crippen LogP contribution in [0.4, 0.5) is 20.1 Å². The number of carbonyl (C=O) groups excluding carboxylic acids is 10. The van der Waals surface area contributed by atoms with Crippen LogP contribution in [0.25, 0.3) is 0 Å². The fraction of sp³-hybridized carbons (Fsp3) is 0.709. The van der Waals surface area contributed by atoms with Crippen LogP contribution in [0.15, 0.2) is 53.8 Å². The molecular formula is C79H125N11O19. The van der Waals surface area contributed by atoms with Crippen molar-refractivity contribution >= 4 is 65.3 Å². The van der Waals surface area contributed by atoms with E-state index in [9.17, 15) is 53.1 Å². The second kappa shape index (κ2) is 47.8. The molecule has 10 N–H and O–H groups in total. The maximum Gasteiger partial charge on any atom is 0.410 e. The van der Waals surface area contributed by atoms with Crippen LogP contribution in [0.2, 0.25) is 0 Å². The van der Waals surface area contributed by atoms with E-state index in [4.69, 9.17) is 43.6 Å². The number of ether oxygens (including phenoxy) is 8. The lowest BCUT2D eigenvalue weighted by Crippen LogP contribution is -2.60. The molecule has 2 fully saturated rings. The number of carbonyl (C=O) groups is 10. The van der Waals surface area contributed by atoms with Crippen molar-refractivity contribution in [2.75, 3.05) is 113 Å². The van der Waals surface area contributed by atoms with E-state index in [1.54, 1.807) is 115 Å². The van der Waals surface area contributed by atoms with Crippen LogP contribution in [0.1, 0.15) is 145 Å². The number of alkyl carbamates (subject to hydrolysis) is 1. The summed E-state index contributed by atoms with van der Waals surface area (Å²) in [6, 6.07) is -0.341. The minimum Gasteiger partial charge on any atom is -0.449 e. The lowest BCUT2D eigenvalue weighted by atomic mass is 9.89. The number of fused-ring (bicyclic) bond motifs is 1.